The molecule has 0 bridgehead atoms. The second-order valence-corrected chi connectivity index (χ2v) is 3.19. The number of nitro benzene ring substituents is 1. The highest BCUT2D eigenvalue weighted by Gasteiger charge is 2.17. The van der Waals surface area contributed by atoms with Gasteiger partial charge in [0, 0.05) is 12.1 Å². The zero-order chi connectivity index (χ0) is 12.3. The molecule has 0 spiro atoms. The molecule has 1 aromatic rings. The van der Waals surface area contributed by atoms with Crippen LogP contribution in [-0.4, -0.2) is 17.4 Å². The van der Waals surface area contributed by atoms with Gasteiger partial charge in [0.2, 0.25) is 0 Å². The number of benzene rings is 1. The topological polar surface area (TPSA) is 55.2 Å². The molecule has 0 amide bonds. The highest BCUT2D eigenvalue weighted by atomic mass is 19.3. The molecule has 0 aliphatic carbocycles. The lowest BCUT2D eigenvalue weighted by molar-refractivity contribution is -0.384. The van der Waals surface area contributed by atoms with Crippen LogP contribution in [0, 0.1) is 15.9 Å². The van der Waals surface area contributed by atoms with Crippen molar-refractivity contribution in [1.82, 2.24) is 0 Å². The molecular weight excluding hydrogens is 225 g/mol. The first kappa shape index (κ1) is 12.3. The van der Waals surface area contributed by atoms with Crippen LogP contribution in [0.25, 0.3) is 0 Å². The number of rotatable bonds is 4. The summed E-state index contributed by atoms with van der Waals surface area (Å²) in [6, 6.07) is 1.43. The van der Waals surface area contributed by atoms with Crippen LogP contribution in [0.4, 0.5) is 24.5 Å². The molecule has 0 heterocycles. The van der Waals surface area contributed by atoms with Gasteiger partial charge >= 0.3 is 0 Å². The molecule has 0 aliphatic heterocycles. The molecule has 0 radical (unpaired) electrons. The van der Waals surface area contributed by atoms with E-state index in [-0.39, 0.29) is 11.4 Å². The lowest BCUT2D eigenvalue weighted by atomic mass is 10.2. The monoisotopic (exact) mass is 234 g/mol. The first-order valence-corrected chi connectivity index (χ1v) is 4.40. The van der Waals surface area contributed by atoms with Crippen LogP contribution in [0.1, 0.15) is 6.92 Å². The Kier molecular flexibility index (Phi) is 3.70. The number of halogens is 3. The van der Waals surface area contributed by atoms with E-state index < -0.39 is 23.2 Å². The summed E-state index contributed by atoms with van der Waals surface area (Å²) < 4.78 is 37.5. The van der Waals surface area contributed by atoms with Crippen LogP contribution in [0.5, 0.6) is 0 Å². The first-order chi connectivity index (χ1) is 7.41. The minimum Gasteiger partial charge on any atom is -0.374 e. The predicted octanol–water partition coefficient (Wildman–Crippen LogP) is 2.80. The molecule has 88 valence electrons. The largest absolute Gasteiger partial charge is 0.374 e. The summed E-state index contributed by atoms with van der Waals surface area (Å²) in [7, 11) is 0. The van der Waals surface area contributed by atoms with Crippen molar-refractivity contribution in [3.05, 3.63) is 34.1 Å². The number of anilines is 1. The van der Waals surface area contributed by atoms with Gasteiger partial charge in [0.25, 0.3) is 12.1 Å². The van der Waals surface area contributed by atoms with Crippen molar-refractivity contribution in [2.75, 3.05) is 5.32 Å². The van der Waals surface area contributed by atoms with Crippen LogP contribution in [0.3, 0.4) is 0 Å². The van der Waals surface area contributed by atoms with Gasteiger partial charge in [0.1, 0.15) is 5.82 Å². The first-order valence-electron chi connectivity index (χ1n) is 4.40. The molecule has 1 rings (SSSR count). The van der Waals surface area contributed by atoms with E-state index in [2.05, 4.69) is 5.32 Å². The third-order valence-corrected chi connectivity index (χ3v) is 1.92. The lowest BCUT2D eigenvalue weighted by Crippen LogP contribution is -2.24. The Morgan fingerprint density at radius 2 is 2.06 bits per heavy atom. The Hall–Kier alpha value is -1.79. The van der Waals surface area contributed by atoms with Crippen molar-refractivity contribution >= 4 is 11.4 Å². The van der Waals surface area contributed by atoms with Crippen molar-refractivity contribution < 1.29 is 18.1 Å². The highest BCUT2D eigenvalue weighted by Crippen LogP contribution is 2.22. The van der Waals surface area contributed by atoms with Crippen LogP contribution in [0.2, 0.25) is 0 Å². The number of nitro groups is 1. The van der Waals surface area contributed by atoms with E-state index in [0.717, 1.165) is 25.1 Å². The molecule has 1 unspecified atom stereocenters. The number of hydrogen-bond donors (Lipinski definition) is 1. The number of alkyl halides is 2. The van der Waals surface area contributed by atoms with Crippen molar-refractivity contribution in [2.24, 2.45) is 0 Å². The molecular formula is C9H9F3N2O2. The Balaban J connectivity index is 2.94. The Morgan fingerprint density at radius 1 is 1.44 bits per heavy atom. The van der Waals surface area contributed by atoms with E-state index in [1.54, 1.807) is 0 Å². The minimum atomic E-state index is -2.68. The summed E-state index contributed by atoms with van der Waals surface area (Å²) in [4.78, 5) is 9.67. The molecule has 1 atom stereocenters. The third-order valence-electron chi connectivity index (χ3n) is 1.92. The quantitative estimate of drug-likeness (QED) is 0.643. The van der Waals surface area contributed by atoms with E-state index in [1.165, 1.54) is 0 Å². The van der Waals surface area contributed by atoms with E-state index in [0.29, 0.717) is 0 Å². The van der Waals surface area contributed by atoms with Gasteiger partial charge in [-0.25, -0.2) is 13.2 Å². The predicted molar refractivity (Wildman–Crippen MR) is 52.1 cm³/mol. The van der Waals surface area contributed by atoms with Crippen LogP contribution >= 0.6 is 0 Å². The molecule has 0 saturated heterocycles. The summed E-state index contributed by atoms with van der Waals surface area (Å²) in [5.74, 6) is -0.807. The molecule has 4 nitrogen and oxygen atoms in total. The Labute approximate surface area is 89.2 Å². The molecule has 7 heteroatoms. The summed E-state index contributed by atoms with van der Waals surface area (Å²) in [6.07, 6.45) is -2.68. The van der Waals surface area contributed by atoms with Gasteiger partial charge in [-0.15, -0.1) is 0 Å². The van der Waals surface area contributed by atoms with Gasteiger partial charge in [-0.2, -0.15) is 0 Å². The van der Waals surface area contributed by atoms with E-state index >= 15 is 0 Å². The average Bonchev–Trinajstić information content (AvgIpc) is 2.20. The fourth-order valence-corrected chi connectivity index (χ4v) is 1.05. The van der Waals surface area contributed by atoms with Crippen molar-refractivity contribution in [3.63, 3.8) is 0 Å². The smallest absolute Gasteiger partial charge is 0.271 e. The average molecular weight is 234 g/mol. The molecule has 0 fully saturated rings. The molecule has 0 aromatic heterocycles. The minimum absolute atomic E-state index is 0.304. The summed E-state index contributed by atoms with van der Waals surface area (Å²) >= 11 is 0. The summed E-state index contributed by atoms with van der Waals surface area (Å²) in [5.41, 5.74) is -0.660. The van der Waals surface area contributed by atoms with E-state index in [4.69, 9.17) is 0 Å². The number of nitrogens with zero attached hydrogens (tertiary/aromatic N) is 1. The second kappa shape index (κ2) is 4.82. The number of hydrogen-bond acceptors (Lipinski definition) is 3. The van der Waals surface area contributed by atoms with Crippen molar-refractivity contribution in [1.29, 1.82) is 0 Å². The Bertz CT molecular complexity index is 398. The molecule has 16 heavy (non-hydrogen) atoms. The maximum atomic E-state index is 13.1. The van der Waals surface area contributed by atoms with Crippen molar-refractivity contribution in [2.45, 2.75) is 19.4 Å². The van der Waals surface area contributed by atoms with Crippen LogP contribution < -0.4 is 5.32 Å². The SMILES string of the molecule is CC(Nc1cc([N+](=O)[O-])ccc1F)C(F)F. The fraction of sp³-hybridized carbons (Fsp3) is 0.333. The normalized spacial score (nSPS) is 12.6. The molecule has 1 N–H and O–H groups in total. The van der Waals surface area contributed by atoms with Gasteiger partial charge in [0.15, 0.2) is 0 Å². The number of nitrogens with one attached hydrogen (secondary N) is 1. The molecule has 0 saturated carbocycles. The van der Waals surface area contributed by atoms with Gasteiger partial charge < -0.3 is 5.32 Å². The standard InChI is InChI=1S/C9H9F3N2O2/c1-5(9(11)12)13-8-4-6(14(15)16)2-3-7(8)10/h2-5,9,13H,1H3. The second-order valence-electron chi connectivity index (χ2n) is 3.19. The van der Waals surface area contributed by atoms with Gasteiger partial charge in [-0.1, -0.05) is 0 Å². The lowest BCUT2D eigenvalue weighted by Gasteiger charge is -2.14. The van der Waals surface area contributed by atoms with Gasteiger partial charge in [-0.3, -0.25) is 10.1 Å². The van der Waals surface area contributed by atoms with Crippen LogP contribution in [0.15, 0.2) is 18.2 Å². The van der Waals surface area contributed by atoms with E-state index in [9.17, 15) is 23.3 Å². The summed E-state index contributed by atoms with van der Waals surface area (Å²) in [6.45, 7) is 1.16. The zero-order valence-electron chi connectivity index (χ0n) is 8.28. The van der Waals surface area contributed by atoms with Crippen LogP contribution in [-0.2, 0) is 0 Å². The maximum absolute atomic E-state index is 13.1. The Morgan fingerprint density at radius 3 is 2.56 bits per heavy atom. The van der Waals surface area contributed by atoms with Crippen molar-refractivity contribution in [3.8, 4) is 0 Å². The zero-order valence-corrected chi connectivity index (χ0v) is 8.28. The van der Waals surface area contributed by atoms with Gasteiger partial charge in [-0.05, 0) is 13.0 Å². The molecule has 1 aromatic carbocycles. The fourth-order valence-electron chi connectivity index (χ4n) is 1.05. The highest BCUT2D eigenvalue weighted by molar-refractivity contribution is 5.52. The summed E-state index contributed by atoms with van der Waals surface area (Å²) in [5, 5.41) is 12.6. The van der Waals surface area contributed by atoms with E-state index in [1.807, 2.05) is 0 Å². The molecule has 0 aliphatic rings. The maximum Gasteiger partial charge on any atom is 0.271 e. The third kappa shape index (κ3) is 2.85. The number of non-ortho nitro benzene ring substituents is 1. The van der Waals surface area contributed by atoms with Gasteiger partial charge in [0.05, 0.1) is 16.7 Å².